The maximum Gasteiger partial charge on any atom is 0.150 e. The summed E-state index contributed by atoms with van der Waals surface area (Å²) in [6.45, 7) is 17.0. The van der Waals surface area contributed by atoms with Crippen molar-refractivity contribution in [3.05, 3.63) is 72.0 Å². The summed E-state index contributed by atoms with van der Waals surface area (Å²) in [4.78, 5) is 10.3. The summed E-state index contributed by atoms with van der Waals surface area (Å²) in [5.41, 5.74) is 8.54. The van der Waals surface area contributed by atoms with Crippen LogP contribution >= 0.6 is 0 Å². The lowest BCUT2D eigenvalue weighted by Gasteiger charge is -2.32. The van der Waals surface area contributed by atoms with Crippen molar-refractivity contribution >= 4 is 28.0 Å². The second kappa shape index (κ2) is 8.03. The molecule has 5 heteroatoms. The minimum atomic E-state index is 0.317. The normalized spacial score (nSPS) is 15.6. The second-order valence-corrected chi connectivity index (χ2v) is 7.63. The molecule has 0 saturated carbocycles. The molecule has 152 valence electrons. The smallest absolute Gasteiger partial charge is 0.150 e. The summed E-state index contributed by atoms with van der Waals surface area (Å²) in [7, 11) is 3.78. The standard InChI is InChI=1S/C24H31N5/c1-14(2)18(6)29-12-11-27-24(26-8)23(29)16(4)22-15(3)20-10-9-19(17(5)25-7)13-21(20)28-22/h9-14,25,28H,5-6H2,1-4,7-8H3,(H,26,27)/b23-16+. The Morgan fingerprint density at radius 3 is 2.55 bits per heavy atom. The Balaban J connectivity index is 2.19. The number of fused-ring (bicyclic) bond motifs is 1. The van der Waals surface area contributed by atoms with Crippen LogP contribution in [0.15, 0.2) is 60.1 Å². The topological polar surface area (TPSA) is 55.5 Å². The van der Waals surface area contributed by atoms with Crippen molar-refractivity contribution in [1.82, 2.24) is 20.5 Å². The van der Waals surface area contributed by atoms with Crippen LogP contribution in [0, 0.1) is 12.8 Å². The lowest BCUT2D eigenvalue weighted by atomic mass is 10.0. The number of allylic oxidation sites excluding steroid dienone is 2. The molecule has 0 spiro atoms. The Morgan fingerprint density at radius 1 is 1.21 bits per heavy atom. The van der Waals surface area contributed by atoms with E-state index < -0.39 is 0 Å². The van der Waals surface area contributed by atoms with E-state index in [1.807, 2.05) is 26.5 Å². The molecule has 0 radical (unpaired) electrons. The molecule has 3 N–H and O–H groups in total. The molecule has 1 aromatic carbocycles. The van der Waals surface area contributed by atoms with Gasteiger partial charge in [0.25, 0.3) is 0 Å². The number of likely N-dealkylation sites (N-methyl/N-ethyl adjacent to an activating group) is 1. The number of nitrogens with zero attached hydrogens (tertiary/aromatic N) is 2. The van der Waals surface area contributed by atoms with Crippen molar-refractivity contribution in [2.75, 3.05) is 14.1 Å². The van der Waals surface area contributed by atoms with Crippen molar-refractivity contribution in [3.63, 3.8) is 0 Å². The van der Waals surface area contributed by atoms with Crippen LogP contribution in [0.5, 0.6) is 0 Å². The van der Waals surface area contributed by atoms with Crippen molar-refractivity contribution in [1.29, 1.82) is 0 Å². The van der Waals surface area contributed by atoms with Crippen LogP contribution in [0.3, 0.4) is 0 Å². The predicted octanol–water partition coefficient (Wildman–Crippen LogP) is 4.97. The second-order valence-electron chi connectivity index (χ2n) is 7.63. The fraction of sp³-hybridized carbons (Fsp3) is 0.292. The monoisotopic (exact) mass is 389 g/mol. The van der Waals surface area contributed by atoms with Crippen molar-refractivity contribution in [3.8, 4) is 0 Å². The third-order valence-corrected chi connectivity index (χ3v) is 5.54. The lowest BCUT2D eigenvalue weighted by molar-refractivity contribution is 0.509. The summed E-state index contributed by atoms with van der Waals surface area (Å²) < 4.78 is 0. The fourth-order valence-electron chi connectivity index (χ4n) is 3.65. The predicted molar refractivity (Wildman–Crippen MR) is 125 cm³/mol. The van der Waals surface area contributed by atoms with Gasteiger partial charge in [-0.3, -0.25) is 0 Å². The molecule has 2 aromatic rings. The van der Waals surface area contributed by atoms with E-state index in [1.54, 1.807) is 0 Å². The van der Waals surface area contributed by atoms with Crippen LogP contribution < -0.4 is 10.6 Å². The zero-order valence-electron chi connectivity index (χ0n) is 18.3. The molecule has 0 unspecified atom stereocenters. The fourth-order valence-corrected chi connectivity index (χ4v) is 3.65. The molecule has 0 saturated heterocycles. The number of aryl methyl sites for hydroxylation is 1. The molecule has 1 aliphatic rings. The van der Waals surface area contributed by atoms with Gasteiger partial charge >= 0.3 is 0 Å². The first-order valence-corrected chi connectivity index (χ1v) is 9.91. The molecule has 0 bridgehead atoms. The molecule has 29 heavy (non-hydrogen) atoms. The number of aliphatic imine (C=N–C) groups is 1. The van der Waals surface area contributed by atoms with Gasteiger partial charge in [0.2, 0.25) is 0 Å². The quantitative estimate of drug-likeness (QED) is 0.677. The molecule has 3 rings (SSSR count). The average molecular weight is 390 g/mol. The highest BCUT2D eigenvalue weighted by molar-refractivity contribution is 6.06. The van der Waals surface area contributed by atoms with E-state index in [0.29, 0.717) is 5.92 Å². The largest absolute Gasteiger partial charge is 0.388 e. The van der Waals surface area contributed by atoms with Gasteiger partial charge in [-0.05, 0) is 37.0 Å². The van der Waals surface area contributed by atoms with Crippen LogP contribution in [0.4, 0.5) is 0 Å². The van der Waals surface area contributed by atoms with Gasteiger partial charge in [0.1, 0.15) is 5.84 Å². The van der Waals surface area contributed by atoms with Gasteiger partial charge < -0.3 is 20.5 Å². The summed E-state index contributed by atoms with van der Waals surface area (Å²) in [6, 6.07) is 6.39. The number of hydrogen-bond acceptors (Lipinski definition) is 4. The average Bonchev–Trinajstić information content (AvgIpc) is 3.07. The number of rotatable bonds is 5. The molecular formula is C24H31N5. The number of H-pyrrole nitrogens is 1. The number of benzene rings is 1. The number of hydrogen-bond donors (Lipinski definition) is 3. The maximum absolute atomic E-state index is 4.55. The summed E-state index contributed by atoms with van der Waals surface area (Å²) in [6.07, 6.45) is 3.79. The third kappa shape index (κ3) is 3.60. The highest BCUT2D eigenvalue weighted by Crippen LogP contribution is 2.33. The maximum atomic E-state index is 4.55. The number of amidine groups is 1. The number of aromatic nitrogens is 1. The summed E-state index contributed by atoms with van der Waals surface area (Å²) >= 11 is 0. The molecule has 1 aliphatic heterocycles. The minimum Gasteiger partial charge on any atom is -0.388 e. The van der Waals surface area contributed by atoms with Crippen LogP contribution in [0.2, 0.25) is 0 Å². The third-order valence-electron chi connectivity index (χ3n) is 5.54. The van der Waals surface area contributed by atoms with E-state index in [2.05, 4.69) is 84.6 Å². The van der Waals surface area contributed by atoms with Crippen molar-refractivity contribution in [2.24, 2.45) is 10.9 Å². The van der Waals surface area contributed by atoms with E-state index in [4.69, 9.17) is 0 Å². The van der Waals surface area contributed by atoms with Gasteiger partial charge in [0.05, 0.1) is 5.70 Å². The summed E-state index contributed by atoms with van der Waals surface area (Å²) in [5, 5.41) is 7.56. The molecule has 0 atom stereocenters. The zero-order chi connectivity index (χ0) is 21.3. The van der Waals surface area contributed by atoms with Crippen LogP contribution in [-0.4, -0.2) is 29.8 Å². The summed E-state index contributed by atoms with van der Waals surface area (Å²) in [5.74, 6) is 1.15. The van der Waals surface area contributed by atoms with Gasteiger partial charge in [-0.2, -0.15) is 0 Å². The lowest BCUT2D eigenvalue weighted by Crippen LogP contribution is -2.33. The number of aromatic amines is 1. The Labute approximate surface area is 173 Å². The molecule has 5 nitrogen and oxygen atoms in total. The van der Waals surface area contributed by atoms with Crippen molar-refractivity contribution < 1.29 is 0 Å². The van der Waals surface area contributed by atoms with Gasteiger partial charge in [0.15, 0.2) is 0 Å². The highest BCUT2D eigenvalue weighted by atomic mass is 15.2. The Hall–Kier alpha value is -3.21. The Kier molecular flexibility index (Phi) is 5.69. The molecule has 0 aliphatic carbocycles. The Bertz CT molecular complexity index is 1060. The first-order chi connectivity index (χ1) is 13.8. The number of nitrogens with one attached hydrogen (secondary N) is 3. The van der Waals surface area contributed by atoms with E-state index in [1.165, 1.54) is 10.9 Å². The van der Waals surface area contributed by atoms with E-state index in [0.717, 1.165) is 45.3 Å². The van der Waals surface area contributed by atoms with Crippen molar-refractivity contribution in [2.45, 2.75) is 27.7 Å². The van der Waals surface area contributed by atoms with E-state index in [-0.39, 0.29) is 0 Å². The highest BCUT2D eigenvalue weighted by Gasteiger charge is 2.24. The molecule has 1 aromatic heterocycles. The zero-order valence-corrected chi connectivity index (χ0v) is 18.3. The van der Waals surface area contributed by atoms with Crippen LogP contribution in [0.1, 0.15) is 37.6 Å². The van der Waals surface area contributed by atoms with Gasteiger partial charge in [-0.25, -0.2) is 4.99 Å². The molecule has 0 fully saturated rings. The minimum absolute atomic E-state index is 0.317. The van der Waals surface area contributed by atoms with Gasteiger partial charge in [-0.1, -0.05) is 39.1 Å². The SMILES string of the molecule is C=C(NC)c1ccc2c(C)c(/C(C)=C3\C(NC)=NC=CN3C(=C)C(C)C)[nH]c2c1. The first-order valence-electron chi connectivity index (χ1n) is 9.91. The Morgan fingerprint density at radius 2 is 1.93 bits per heavy atom. The van der Waals surface area contributed by atoms with Crippen LogP contribution in [-0.2, 0) is 0 Å². The van der Waals surface area contributed by atoms with E-state index in [9.17, 15) is 0 Å². The molecule has 2 heterocycles. The molecule has 0 amide bonds. The van der Waals surface area contributed by atoms with E-state index >= 15 is 0 Å². The molecular weight excluding hydrogens is 358 g/mol. The van der Waals surface area contributed by atoms with Gasteiger partial charge in [-0.15, -0.1) is 0 Å². The first kappa shape index (κ1) is 20.5. The van der Waals surface area contributed by atoms with Crippen LogP contribution in [0.25, 0.3) is 22.2 Å². The van der Waals surface area contributed by atoms with Gasteiger partial charge in [0, 0.05) is 60.1 Å².